The molecule has 0 bridgehead atoms. The average Bonchev–Trinajstić information content (AvgIpc) is 2.07. The van der Waals surface area contributed by atoms with E-state index in [4.69, 9.17) is 0 Å². The molecule has 0 rings (SSSR count). The lowest BCUT2D eigenvalue weighted by Gasteiger charge is -2.31. The van der Waals surface area contributed by atoms with Gasteiger partial charge in [0, 0.05) is 0 Å². The Morgan fingerprint density at radius 1 is 1.15 bits per heavy atom. The van der Waals surface area contributed by atoms with Gasteiger partial charge in [-0.05, 0) is 18.3 Å². The summed E-state index contributed by atoms with van der Waals surface area (Å²) in [5, 5.41) is 0. The molecule has 0 radical (unpaired) electrons. The van der Waals surface area contributed by atoms with Crippen LogP contribution in [0.3, 0.4) is 0 Å². The van der Waals surface area contributed by atoms with Crippen LogP contribution in [0.25, 0.3) is 0 Å². The fraction of sp³-hybridized carbons (Fsp3) is 0.846. The molecule has 0 amide bonds. The summed E-state index contributed by atoms with van der Waals surface area (Å²) >= 11 is 0. The van der Waals surface area contributed by atoms with Crippen molar-refractivity contribution in [1.29, 1.82) is 0 Å². The molecule has 0 nitrogen and oxygen atoms in total. The van der Waals surface area contributed by atoms with Gasteiger partial charge in [-0.3, -0.25) is 0 Å². The van der Waals surface area contributed by atoms with Crippen molar-refractivity contribution in [3.63, 3.8) is 0 Å². The van der Waals surface area contributed by atoms with Gasteiger partial charge in [0.05, 0.1) is 0 Å². The van der Waals surface area contributed by atoms with Gasteiger partial charge in [-0.1, -0.05) is 60.0 Å². The van der Waals surface area contributed by atoms with Crippen LogP contribution in [-0.4, -0.2) is 0 Å². The Morgan fingerprint density at radius 2 is 1.46 bits per heavy atom. The molecule has 0 spiro atoms. The second kappa shape index (κ2) is 8.34. The van der Waals surface area contributed by atoms with Crippen LogP contribution in [0, 0.1) is 11.3 Å². The highest BCUT2D eigenvalue weighted by Crippen LogP contribution is 2.34. The van der Waals surface area contributed by atoms with E-state index in [9.17, 15) is 0 Å². The lowest BCUT2D eigenvalue weighted by Crippen LogP contribution is -2.21. The Balaban J connectivity index is 0. The number of hydrogen-bond donors (Lipinski definition) is 0. The number of hydrogen-bond acceptors (Lipinski definition) is 0. The van der Waals surface area contributed by atoms with E-state index >= 15 is 0 Å². The first-order valence-corrected chi connectivity index (χ1v) is 5.57. The van der Waals surface area contributed by atoms with Gasteiger partial charge in [0.2, 0.25) is 0 Å². The monoisotopic (exact) mass is 184 g/mol. The quantitative estimate of drug-likeness (QED) is 0.536. The molecule has 0 fully saturated rings. The topological polar surface area (TPSA) is 0 Å². The molecular formula is C13H28. The summed E-state index contributed by atoms with van der Waals surface area (Å²) in [7, 11) is 0. The summed E-state index contributed by atoms with van der Waals surface area (Å²) in [5.74, 6) is 0.914. The molecule has 0 aromatic heterocycles. The maximum absolute atomic E-state index is 3.36. The van der Waals surface area contributed by atoms with Gasteiger partial charge >= 0.3 is 0 Å². The molecule has 0 saturated heterocycles. The van der Waals surface area contributed by atoms with Crippen molar-refractivity contribution in [3.8, 4) is 0 Å². The van der Waals surface area contributed by atoms with Crippen molar-refractivity contribution in [3.05, 3.63) is 12.7 Å². The molecule has 0 heterocycles. The van der Waals surface area contributed by atoms with Crippen molar-refractivity contribution in [2.45, 2.75) is 60.8 Å². The van der Waals surface area contributed by atoms with Gasteiger partial charge in [0.25, 0.3) is 0 Å². The zero-order valence-corrected chi connectivity index (χ0v) is 10.5. The maximum atomic E-state index is 3.36. The molecule has 0 aromatic carbocycles. The van der Waals surface area contributed by atoms with Crippen LogP contribution < -0.4 is 0 Å². The first kappa shape index (κ1) is 15.2. The molecular weight excluding hydrogens is 156 g/mol. The predicted molar refractivity (Wildman–Crippen MR) is 64.0 cm³/mol. The normalized spacial score (nSPS) is 10.7. The second-order valence-electron chi connectivity index (χ2n) is 4.26. The van der Waals surface area contributed by atoms with Crippen molar-refractivity contribution in [2.24, 2.45) is 11.3 Å². The Hall–Kier alpha value is -0.260. The SMILES string of the molecule is C=CC.CCC(CC)C(C)(C)CC. The maximum Gasteiger partial charge on any atom is -0.0329 e. The molecule has 0 aromatic rings. The minimum atomic E-state index is 0.559. The van der Waals surface area contributed by atoms with Crippen LogP contribution in [0.15, 0.2) is 12.7 Å². The third-order valence-corrected chi connectivity index (χ3v) is 3.00. The summed E-state index contributed by atoms with van der Waals surface area (Å²) in [4.78, 5) is 0. The third-order valence-electron chi connectivity index (χ3n) is 3.00. The van der Waals surface area contributed by atoms with E-state index in [1.807, 2.05) is 6.92 Å². The van der Waals surface area contributed by atoms with E-state index in [1.165, 1.54) is 19.3 Å². The largest absolute Gasteiger partial charge is 0.103 e. The Morgan fingerprint density at radius 3 is 1.54 bits per heavy atom. The van der Waals surface area contributed by atoms with E-state index in [2.05, 4.69) is 41.2 Å². The van der Waals surface area contributed by atoms with Gasteiger partial charge in [-0.15, -0.1) is 6.58 Å². The van der Waals surface area contributed by atoms with Crippen LogP contribution in [-0.2, 0) is 0 Å². The first-order valence-electron chi connectivity index (χ1n) is 5.57. The number of rotatable bonds is 4. The van der Waals surface area contributed by atoms with Gasteiger partial charge in [0.1, 0.15) is 0 Å². The van der Waals surface area contributed by atoms with Gasteiger partial charge in [-0.2, -0.15) is 0 Å². The second-order valence-corrected chi connectivity index (χ2v) is 4.26. The minimum absolute atomic E-state index is 0.559. The van der Waals surface area contributed by atoms with Crippen LogP contribution in [0.2, 0.25) is 0 Å². The summed E-state index contributed by atoms with van der Waals surface area (Å²) in [6.45, 7) is 16.9. The zero-order valence-electron chi connectivity index (χ0n) is 10.5. The van der Waals surface area contributed by atoms with Crippen LogP contribution in [0.4, 0.5) is 0 Å². The fourth-order valence-electron chi connectivity index (χ4n) is 1.68. The van der Waals surface area contributed by atoms with Crippen molar-refractivity contribution in [2.75, 3.05) is 0 Å². The van der Waals surface area contributed by atoms with Crippen molar-refractivity contribution in [1.82, 2.24) is 0 Å². The fourth-order valence-corrected chi connectivity index (χ4v) is 1.68. The van der Waals surface area contributed by atoms with Crippen molar-refractivity contribution < 1.29 is 0 Å². The first-order chi connectivity index (χ1) is 5.99. The van der Waals surface area contributed by atoms with E-state index in [0.29, 0.717) is 5.41 Å². The summed E-state index contributed by atoms with van der Waals surface area (Å²) < 4.78 is 0. The highest BCUT2D eigenvalue weighted by atomic mass is 14.3. The molecule has 0 unspecified atom stereocenters. The average molecular weight is 184 g/mol. The van der Waals surface area contributed by atoms with Gasteiger partial charge in [0.15, 0.2) is 0 Å². The van der Waals surface area contributed by atoms with E-state index < -0.39 is 0 Å². The Kier molecular flexibility index (Phi) is 9.77. The smallest absolute Gasteiger partial charge is 0.0329 e. The number of allylic oxidation sites excluding steroid dienone is 1. The molecule has 0 aliphatic heterocycles. The summed E-state index contributed by atoms with van der Waals surface area (Å²) in [6, 6.07) is 0. The molecule has 13 heavy (non-hydrogen) atoms. The molecule has 80 valence electrons. The van der Waals surface area contributed by atoms with Gasteiger partial charge < -0.3 is 0 Å². The van der Waals surface area contributed by atoms with Crippen LogP contribution in [0.5, 0.6) is 0 Å². The van der Waals surface area contributed by atoms with Crippen LogP contribution in [0.1, 0.15) is 60.8 Å². The molecule has 0 atom stereocenters. The van der Waals surface area contributed by atoms with E-state index in [0.717, 1.165) is 5.92 Å². The van der Waals surface area contributed by atoms with Gasteiger partial charge in [-0.25, -0.2) is 0 Å². The Bertz CT molecular complexity index is 107. The summed E-state index contributed by atoms with van der Waals surface area (Å²) in [6.07, 6.45) is 5.72. The molecule has 0 N–H and O–H groups in total. The third kappa shape index (κ3) is 6.86. The Labute approximate surface area is 85.4 Å². The summed E-state index contributed by atoms with van der Waals surface area (Å²) in [5.41, 5.74) is 0.559. The zero-order chi connectivity index (χ0) is 10.9. The van der Waals surface area contributed by atoms with Crippen molar-refractivity contribution >= 4 is 0 Å². The standard InChI is InChI=1S/C10H22.C3H6/c1-6-9(7-2)10(4,5)8-3;1-3-2/h9H,6-8H2,1-5H3;3H,1H2,2H3. The molecule has 0 saturated carbocycles. The molecule has 0 aliphatic carbocycles. The lowest BCUT2D eigenvalue weighted by atomic mass is 9.74. The minimum Gasteiger partial charge on any atom is -0.103 e. The van der Waals surface area contributed by atoms with Crippen LogP contribution >= 0.6 is 0 Å². The highest BCUT2D eigenvalue weighted by Gasteiger charge is 2.23. The highest BCUT2D eigenvalue weighted by molar-refractivity contribution is 4.74. The van der Waals surface area contributed by atoms with E-state index in [1.54, 1.807) is 6.08 Å². The molecule has 0 aliphatic rings. The van der Waals surface area contributed by atoms with E-state index in [-0.39, 0.29) is 0 Å². The molecule has 0 heteroatoms. The lowest BCUT2D eigenvalue weighted by molar-refractivity contribution is 0.191. The predicted octanol–water partition coefficient (Wildman–Crippen LogP) is 5.05.